The lowest BCUT2D eigenvalue weighted by Gasteiger charge is -2.31. The van der Waals surface area contributed by atoms with E-state index in [1.807, 2.05) is 43.3 Å². The second-order valence-corrected chi connectivity index (χ2v) is 9.98. The molecule has 0 saturated carbocycles. The van der Waals surface area contributed by atoms with Gasteiger partial charge in [-0.1, -0.05) is 55.8 Å². The molecule has 196 valence electrons. The van der Waals surface area contributed by atoms with Gasteiger partial charge in [-0.2, -0.15) is 4.37 Å². The third kappa shape index (κ3) is 6.85. The molecule has 5 N–H and O–H groups in total. The summed E-state index contributed by atoms with van der Waals surface area (Å²) >= 11 is 0.787. The maximum absolute atomic E-state index is 14.0. The first-order valence-electron chi connectivity index (χ1n) is 12.0. The Bertz CT molecular complexity index is 1240. The fourth-order valence-electron chi connectivity index (χ4n) is 3.77. The molecule has 3 aromatic rings. The number of carbonyl (C=O) groups is 3. The van der Waals surface area contributed by atoms with Crippen LogP contribution in [-0.2, 0) is 11.3 Å². The number of nitrogens with one attached hydrogen (secondary N) is 1. The van der Waals surface area contributed by atoms with Crippen molar-refractivity contribution in [1.29, 1.82) is 0 Å². The van der Waals surface area contributed by atoms with Crippen molar-refractivity contribution in [3.63, 3.8) is 0 Å². The van der Waals surface area contributed by atoms with Crippen molar-refractivity contribution in [1.82, 2.24) is 14.6 Å². The van der Waals surface area contributed by atoms with Crippen molar-refractivity contribution in [2.24, 2.45) is 11.7 Å². The zero-order chi connectivity index (χ0) is 27.1. The number of ether oxygens (including phenoxy) is 1. The van der Waals surface area contributed by atoms with Crippen LogP contribution in [0.5, 0.6) is 5.75 Å². The number of nitrogens with two attached hydrogens (primary N) is 2. The van der Waals surface area contributed by atoms with Crippen molar-refractivity contribution in [3.8, 4) is 5.75 Å². The molecule has 0 aliphatic carbocycles. The number of carbonyl (C=O) groups excluding carboxylic acids is 3. The third-order valence-corrected chi connectivity index (χ3v) is 6.75. The van der Waals surface area contributed by atoms with E-state index in [1.54, 1.807) is 19.2 Å². The van der Waals surface area contributed by atoms with Crippen LogP contribution in [0.25, 0.3) is 0 Å². The van der Waals surface area contributed by atoms with Gasteiger partial charge in [0.2, 0.25) is 5.91 Å². The Labute approximate surface area is 221 Å². The largest absolute Gasteiger partial charge is 0.497 e. The fraction of sp³-hybridized carbons (Fsp3) is 0.333. The lowest BCUT2D eigenvalue weighted by atomic mass is 10.0. The molecule has 3 rings (SSSR count). The van der Waals surface area contributed by atoms with Crippen molar-refractivity contribution in [2.75, 3.05) is 19.4 Å². The molecule has 2 aromatic carbocycles. The van der Waals surface area contributed by atoms with Crippen LogP contribution < -0.4 is 21.5 Å². The van der Waals surface area contributed by atoms with E-state index in [9.17, 15) is 14.4 Å². The molecule has 0 aliphatic rings. The quantitative estimate of drug-likeness (QED) is 0.350. The van der Waals surface area contributed by atoms with Gasteiger partial charge in [0, 0.05) is 13.1 Å². The molecule has 0 fully saturated rings. The highest BCUT2D eigenvalue weighted by Crippen LogP contribution is 2.31. The van der Waals surface area contributed by atoms with Gasteiger partial charge in [-0.15, -0.1) is 0 Å². The van der Waals surface area contributed by atoms with Crippen LogP contribution in [0.3, 0.4) is 0 Å². The van der Waals surface area contributed by atoms with E-state index in [0.29, 0.717) is 23.8 Å². The number of aromatic nitrogens is 1. The highest BCUT2D eigenvalue weighted by molar-refractivity contribution is 7.09. The van der Waals surface area contributed by atoms with E-state index in [1.165, 1.54) is 4.90 Å². The molecule has 0 unspecified atom stereocenters. The second-order valence-electron chi connectivity index (χ2n) is 9.21. The fourth-order valence-corrected chi connectivity index (χ4v) is 4.53. The molecule has 0 radical (unpaired) electrons. The normalized spacial score (nSPS) is 11.7. The summed E-state index contributed by atoms with van der Waals surface area (Å²) in [6.07, 6.45) is 0.794. The van der Waals surface area contributed by atoms with Crippen LogP contribution in [0.4, 0.5) is 5.69 Å². The number of nitrogens with zero attached hydrogens (tertiary/aromatic N) is 2. The van der Waals surface area contributed by atoms with E-state index in [-0.39, 0.29) is 28.7 Å². The Kier molecular flexibility index (Phi) is 9.24. The van der Waals surface area contributed by atoms with Crippen molar-refractivity contribution >= 4 is 34.9 Å². The zero-order valence-corrected chi connectivity index (χ0v) is 22.3. The second kappa shape index (κ2) is 12.4. The minimum atomic E-state index is -0.958. The summed E-state index contributed by atoms with van der Waals surface area (Å²) in [4.78, 5) is 40.8. The van der Waals surface area contributed by atoms with E-state index in [2.05, 4.69) is 23.5 Å². The maximum Gasteiger partial charge on any atom is 0.270 e. The molecule has 0 aliphatic heterocycles. The predicted molar refractivity (Wildman–Crippen MR) is 144 cm³/mol. The number of amides is 3. The molecule has 9 nitrogen and oxygen atoms in total. The molecule has 1 heterocycles. The molecule has 37 heavy (non-hydrogen) atoms. The number of methoxy groups -OCH3 is 1. The number of hydrogen-bond acceptors (Lipinski definition) is 7. The van der Waals surface area contributed by atoms with Crippen molar-refractivity contribution < 1.29 is 19.1 Å². The van der Waals surface area contributed by atoms with Crippen molar-refractivity contribution in [3.05, 3.63) is 75.8 Å². The summed E-state index contributed by atoms with van der Waals surface area (Å²) in [5.74, 6) is -0.594. The predicted octanol–water partition coefficient (Wildman–Crippen LogP) is 3.69. The Morgan fingerprint density at radius 2 is 1.73 bits per heavy atom. The van der Waals surface area contributed by atoms with Crippen LogP contribution in [0.2, 0.25) is 0 Å². The number of benzene rings is 2. The van der Waals surface area contributed by atoms with Gasteiger partial charge in [0.25, 0.3) is 11.8 Å². The van der Waals surface area contributed by atoms with E-state index in [4.69, 9.17) is 16.2 Å². The minimum absolute atomic E-state index is 0.0504. The van der Waals surface area contributed by atoms with Crippen molar-refractivity contribution in [2.45, 2.75) is 39.8 Å². The minimum Gasteiger partial charge on any atom is -0.497 e. The van der Waals surface area contributed by atoms with Gasteiger partial charge in [-0.3, -0.25) is 14.4 Å². The number of hydrogen-bond donors (Lipinski definition) is 3. The van der Waals surface area contributed by atoms with E-state index >= 15 is 0 Å². The molecular formula is C27H33N5O4S. The average molecular weight is 524 g/mol. The van der Waals surface area contributed by atoms with E-state index < -0.39 is 17.9 Å². The highest BCUT2D eigenvalue weighted by atomic mass is 32.1. The number of rotatable bonds is 11. The highest BCUT2D eigenvalue weighted by Gasteiger charge is 2.35. The van der Waals surface area contributed by atoms with Gasteiger partial charge in [0.15, 0.2) is 5.69 Å². The molecule has 0 spiro atoms. The Hall–Kier alpha value is -3.92. The Morgan fingerprint density at radius 3 is 2.27 bits per heavy atom. The van der Waals surface area contributed by atoms with Gasteiger partial charge in [-0.25, -0.2) is 0 Å². The van der Waals surface area contributed by atoms with Gasteiger partial charge >= 0.3 is 0 Å². The van der Waals surface area contributed by atoms with Crippen LogP contribution in [-0.4, -0.2) is 40.6 Å². The number of primary amides is 1. The van der Waals surface area contributed by atoms with Crippen LogP contribution in [0.1, 0.15) is 63.2 Å². The Balaban J connectivity index is 2.08. The molecule has 10 heteroatoms. The third-order valence-electron chi connectivity index (χ3n) is 5.90. The summed E-state index contributed by atoms with van der Waals surface area (Å²) in [6, 6.07) is 13.7. The molecule has 1 atom stereocenters. The summed E-state index contributed by atoms with van der Waals surface area (Å²) in [7, 11) is 1.57. The van der Waals surface area contributed by atoms with Gasteiger partial charge < -0.3 is 26.4 Å². The summed E-state index contributed by atoms with van der Waals surface area (Å²) in [5, 5.41) is 2.99. The number of nitrogen functional groups attached to an aromatic ring is 1. The monoisotopic (exact) mass is 523 g/mol. The first-order valence-corrected chi connectivity index (χ1v) is 12.7. The van der Waals surface area contributed by atoms with Gasteiger partial charge in [-0.05, 0) is 54.1 Å². The Morgan fingerprint density at radius 1 is 1.08 bits per heavy atom. The van der Waals surface area contributed by atoms with Crippen LogP contribution in [0.15, 0.2) is 48.5 Å². The first-order chi connectivity index (χ1) is 17.6. The molecule has 3 amide bonds. The number of anilines is 1. The molecule has 1 aromatic heterocycles. The summed E-state index contributed by atoms with van der Waals surface area (Å²) in [6.45, 7) is 6.67. The summed E-state index contributed by atoms with van der Waals surface area (Å²) in [5.41, 5.74) is 13.7. The zero-order valence-electron chi connectivity index (χ0n) is 21.5. The maximum atomic E-state index is 14.0. The molecule has 0 bridgehead atoms. The SMILES string of the molecule is COc1ccc(CN(C(=O)c2snc(C(N)=O)c2N)[C@@H](C(=O)NCCC(C)C)c2ccc(C)cc2)cc1. The smallest absolute Gasteiger partial charge is 0.270 e. The standard InChI is InChI=1S/C27H33N5O4S/c1-16(2)13-14-30-26(34)23(19-9-5-17(3)6-10-19)32(15-18-7-11-20(36-4)12-8-18)27(35)24-21(28)22(25(29)33)31-37-24/h5-12,16,23H,13-15,28H2,1-4H3,(H2,29,33)(H,30,34)/t23-/m1/s1. The van der Waals surface area contributed by atoms with Gasteiger partial charge in [0.1, 0.15) is 16.7 Å². The molecular weight excluding hydrogens is 490 g/mol. The number of aryl methyl sites for hydroxylation is 1. The summed E-state index contributed by atoms with van der Waals surface area (Å²) < 4.78 is 9.23. The van der Waals surface area contributed by atoms with Crippen LogP contribution in [0, 0.1) is 12.8 Å². The lowest BCUT2D eigenvalue weighted by molar-refractivity contribution is -0.126. The lowest BCUT2D eigenvalue weighted by Crippen LogP contribution is -2.43. The van der Waals surface area contributed by atoms with Gasteiger partial charge in [0.05, 0.1) is 12.8 Å². The average Bonchev–Trinajstić information content (AvgIpc) is 3.26. The molecule has 0 saturated heterocycles. The van der Waals surface area contributed by atoms with E-state index in [0.717, 1.165) is 29.1 Å². The van der Waals surface area contributed by atoms with Crippen LogP contribution >= 0.6 is 11.5 Å². The topological polar surface area (TPSA) is 141 Å². The first kappa shape index (κ1) is 27.7.